The van der Waals surface area contributed by atoms with Gasteiger partial charge in [0.25, 0.3) is 0 Å². The molecule has 0 fully saturated rings. The fraction of sp³-hybridized carbons (Fsp3) is 0.381. The average Bonchev–Trinajstić information content (AvgIpc) is 2.50. The van der Waals surface area contributed by atoms with Crippen molar-refractivity contribution in [3.63, 3.8) is 0 Å². The molecule has 1 atom stereocenters. The van der Waals surface area contributed by atoms with Crippen LogP contribution in [0.1, 0.15) is 46.1 Å². The number of allylic oxidation sites excluding steroid dienone is 6. The normalized spacial score (nSPS) is 18.0. The van der Waals surface area contributed by atoms with Crippen LogP contribution in [0, 0.1) is 5.41 Å². The van der Waals surface area contributed by atoms with E-state index in [-0.39, 0.29) is 22.4 Å². The maximum Gasteiger partial charge on any atom is 0.158 e. The molecular formula is C21H28BrOP. The molecule has 3 heteroatoms. The molecule has 1 unspecified atom stereocenters. The lowest BCUT2D eigenvalue weighted by molar-refractivity contribution is -0.116. The van der Waals surface area contributed by atoms with Crippen LogP contribution in [-0.4, -0.2) is 5.78 Å². The minimum Gasteiger partial charge on any atom is -0.295 e. The second-order valence-electron chi connectivity index (χ2n) is 7.03. The predicted molar refractivity (Wildman–Crippen MR) is 113 cm³/mol. The second kappa shape index (κ2) is 8.92. The lowest BCUT2D eigenvalue weighted by atomic mass is 9.72. The first-order chi connectivity index (χ1) is 10.8. The Morgan fingerprint density at radius 3 is 2.62 bits per heavy atom. The number of carbonyl (C=O) groups excluding carboxylic acids is 1. The van der Waals surface area contributed by atoms with Crippen LogP contribution in [-0.2, 0) is 11.2 Å². The second-order valence-corrected chi connectivity index (χ2v) is 7.65. The monoisotopic (exact) mass is 406 g/mol. The Balaban J connectivity index is 0.00000288. The molecule has 1 nitrogen and oxygen atoms in total. The first kappa shape index (κ1) is 21.1. The SMILES string of the molecule is Br.CC(C=CC1=C(C)C(=O)CCC1(C)C)=CCc1ccccc1P. The van der Waals surface area contributed by atoms with E-state index in [1.54, 1.807) is 0 Å². The largest absolute Gasteiger partial charge is 0.295 e. The van der Waals surface area contributed by atoms with Gasteiger partial charge in [0, 0.05) is 6.42 Å². The molecule has 0 aromatic heterocycles. The smallest absolute Gasteiger partial charge is 0.158 e. The van der Waals surface area contributed by atoms with E-state index >= 15 is 0 Å². The van der Waals surface area contributed by atoms with E-state index in [2.05, 4.69) is 72.5 Å². The van der Waals surface area contributed by atoms with Crippen molar-refractivity contribution in [3.05, 3.63) is 64.8 Å². The zero-order chi connectivity index (χ0) is 17.0. The van der Waals surface area contributed by atoms with Crippen molar-refractivity contribution in [2.45, 2.75) is 47.0 Å². The van der Waals surface area contributed by atoms with E-state index in [1.165, 1.54) is 22.0 Å². The first-order valence-corrected chi connectivity index (χ1v) is 8.82. The number of halogens is 1. The Labute approximate surface area is 159 Å². The van der Waals surface area contributed by atoms with E-state index in [0.29, 0.717) is 12.2 Å². The number of benzene rings is 1. The minimum atomic E-state index is 0. The number of hydrogen-bond donors (Lipinski definition) is 0. The molecule has 0 spiro atoms. The van der Waals surface area contributed by atoms with Gasteiger partial charge in [0.2, 0.25) is 0 Å². The van der Waals surface area contributed by atoms with Crippen LogP contribution in [0.5, 0.6) is 0 Å². The van der Waals surface area contributed by atoms with Crippen LogP contribution in [0.4, 0.5) is 0 Å². The van der Waals surface area contributed by atoms with Gasteiger partial charge in [0.05, 0.1) is 0 Å². The molecule has 1 aromatic rings. The van der Waals surface area contributed by atoms with Gasteiger partial charge >= 0.3 is 0 Å². The third-order valence-electron chi connectivity index (χ3n) is 4.74. The fourth-order valence-electron chi connectivity index (χ4n) is 3.03. The van der Waals surface area contributed by atoms with Crippen molar-refractivity contribution in [1.29, 1.82) is 0 Å². The van der Waals surface area contributed by atoms with Crippen molar-refractivity contribution in [1.82, 2.24) is 0 Å². The number of ketones is 1. The summed E-state index contributed by atoms with van der Waals surface area (Å²) in [4.78, 5) is 12.0. The Morgan fingerprint density at radius 1 is 1.29 bits per heavy atom. The van der Waals surface area contributed by atoms with Gasteiger partial charge in [-0.15, -0.1) is 26.2 Å². The van der Waals surface area contributed by atoms with Crippen molar-refractivity contribution < 1.29 is 4.79 Å². The Bertz CT molecular complexity index is 696. The summed E-state index contributed by atoms with van der Waals surface area (Å²) in [6, 6.07) is 8.40. The maximum absolute atomic E-state index is 12.0. The summed E-state index contributed by atoms with van der Waals surface area (Å²) in [5, 5.41) is 1.25. The van der Waals surface area contributed by atoms with Gasteiger partial charge < -0.3 is 0 Å². The summed E-state index contributed by atoms with van der Waals surface area (Å²) in [6.07, 6.45) is 9.07. The summed E-state index contributed by atoms with van der Waals surface area (Å²) in [7, 11) is 2.79. The standard InChI is InChI=1S/C21H27OP.BrH/c1-15(9-11-17-7-5-6-8-20(17)23)10-12-18-16(2)19(22)13-14-21(18,3)4;/h5-10,12H,11,13-14,23H2,1-4H3;1H. The van der Waals surface area contributed by atoms with Gasteiger partial charge in [-0.2, -0.15) is 0 Å². The lowest BCUT2D eigenvalue weighted by Crippen LogP contribution is -2.24. The molecule has 0 N–H and O–H groups in total. The van der Waals surface area contributed by atoms with Crippen LogP contribution in [0.15, 0.2) is 59.2 Å². The minimum absolute atomic E-state index is 0. The van der Waals surface area contributed by atoms with Gasteiger partial charge in [-0.05, 0) is 54.1 Å². The van der Waals surface area contributed by atoms with Crippen LogP contribution in [0.2, 0.25) is 0 Å². The van der Waals surface area contributed by atoms with Gasteiger partial charge in [-0.3, -0.25) is 4.79 Å². The number of Topliss-reactive ketones (excluding diaryl/α,β-unsaturated/α-hetero) is 1. The fourth-order valence-corrected chi connectivity index (χ4v) is 3.36. The zero-order valence-electron chi connectivity index (χ0n) is 15.1. The maximum atomic E-state index is 12.0. The molecule has 0 saturated heterocycles. The molecule has 1 aromatic carbocycles. The molecule has 0 bridgehead atoms. The van der Waals surface area contributed by atoms with E-state index in [0.717, 1.165) is 18.4 Å². The van der Waals surface area contributed by atoms with Crippen LogP contribution < -0.4 is 5.30 Å². The number of rotatable bonds is 4. The average molecular weight is 407 g/mol. The third kappa shape index (κ3) is 5.26. The Hall–Kier alpha value is -0.980. The Kier molecular flexibility index (Phi) is 7.83. The third-order valence-corrected chi connectivity index (χ3v) is 5.30. The Morgan fingerprint density at radius 2 is 1.96 bits per heavy atom. The van der Waals surface area contributed by atoms with Gasteiger partial charge in [0.15, 0.2) is 5.78 Å². The van der Waals surface area contributed by atoms with E-state index in [1.807, 2.05) is 6.92 Å². The highest BCUT2D eigenvalue weighted by molar-refractivity contribution is 8.93. The van der Waals surface area contributed by atoms with Crippen molar-refractivity contribution >= 4 is 37.3 Å². The quantitative estimate of drug-likeness (QED) is 0.475. The highest BCUT2D eigenvalue weighted by Crippen LogP contribution is 2.39. The van der Waals surface area contributed by atoms with Gasteiger partial charge in [-0.1, -0.05) is 61.9 Å². The van der Waals surface area contributed by atoms with Gasteiger partial charge in [0.1, 0.15) is 0 Å². The first-order valence-electron chi connectivity index (χ1n) is 8.24. The van der Waals surface area contributed by atoms with Crippen LogP contribution in [0.3, 0.4) is 0 Å². The molecule has 0 radical (unpaired) electrons. The topological polar surface area (TPSA) is 17.1 Å². The predicted octanol–water partition coefficient (Wildman–Crippen LogP) is 5.52. The van der Waals surface area contributed by atoms with E-state index < -0.39 is 0 Å². The molecule has 0 aliphatic heterocycles. The summed E-state index contributed by atoms with van der Waals surface area (Å²) in [5.74, 6) is 0.294. The summed E-state index contributed by atoms with van der Waals surface area (Å²) in [6.45, 7) is 8.54. The molecule has 1 aliphatic carbocycles. The molecule has 24 heavy (non-hydrogen) atoms. The number of carbonyl (C=O) groups is 1. The molecule has 0 heterocycles. The van der Waals surface area contributed by atoms with E-state index in [9.17, 15) is 4.79 Å². The molecule has 130 valence electrons. The zero-order valence-corrected chi connectivity index (χ0v) is 17.9. The highest BCUT2D eigenvalue weighted by Gasteiger charge is 2.30. The van der Waals surface area contributed by atoms with E-state index in [4.69, 9.17) is 0 Å². The summed E-state index contributed by atoms with van der Waals surface area (Å²) in [5.41, 5.74) is 4.76. The van der Waals surface area contributed by atoms with Crippen molar-refractivity contribution in [2.75, 3.05) is 0 Å². The molecular weight excluding hydrogens is 379 g/mol. The van der Waals surface area contributed by atoms with Crippen LogP contribution in [0.25, 0.3) is 0 Å². The molecule has 0 amide bonds. The summed E-state index contributed by atoms with van der Waals surface area (Å²) >= 11 is 0. The molecule has 0 saturated carbocycles. The van der Waals surface area contributed by atoms with Crippen LogP contribution >= 0.6 is 26.2 Å². The summed E-state index contributed by atoms with van der Waals surface area (Å²) < 4.78 is 0. The molecule has 1 aliphatic rings. The van der Waals surface area contributed by atoms with Gasteiger partial charge in [-0.25, -0.2) is 0 Å². The van der Waals surface area contributed by atoms with Crippen molar-refractivity contribution in [2.24, 2.45) is 5.41 Å². The number of hydrogen-bond acceptors (Lipinski definition) is 1. The lowest BCUT2D eigenvalue weighted by Gasteiger charge is -2.32. The highest BCUT2D eigenvalue weighted by atomic mass is 79.9. The molecule has 2 rings (SSSR count). The van der Waals surface area contributed by atoms with Crippen molar-refractivity contribution in [3.8, 4) is 0 Å².